The van der Waals surface area contributed by atoms with Crippen LogP contribution in [0.5, 0.6) is 0 Å². The predicted molar refractivity (Wildman–Crippen MR) is 104 cm³/mol. The van der Waals surface area contributed by atoms with Crippen LogP contribution < -0.4 is 11.5 Å². The second-order valence-corrected chi connectivity index (χ2v) is 8.63. The molecule has 0 amide bonds. The number of hydrogen-bond acceptors (Lipinski definition) is 4. The minimum Gasteiger partial charge on any atom is -0.398 e. The Balaban J connectivity index is 1.79. The first-order valence-electron chi connectivity index (χ1n) is 8.70. The SMILES string of the molecule is CC1=CC(SN2CC(C)C2)CCC1c1ccc(N)c(C(=N)N)c1C. The fraction of sp³-hybridized carbons (Fsp3) is 0.526. The summed E-state index contributed by atoms with van der Waals surface area (Å²) in [7, 11) is 0. The van der Waals surface area contributed by atoms with E-state index in [9.17, 15) is 0 Å². The highest BCUT2D eigenvalue weighted by Crippen LogP contribution is 2.41. The van der Waals surface area contributed by atoms with Crippen LogP contribution in [0.2, 0.25) is 0 Å². The Hall–Kier alpha value is -1.46. The molecule has 0 radical (unpaired) electrons. The van der Waals surface area contributed by atoms with Crippen molar-refractivity contribution in [2.75, 3.05) is 18.8 Å². The highest BCUT2D eigenvalue weighted by atomic mass is 32.2. The first kappa shape index (κ1) is 17.4. The fourth-order valence-corrected chi connectivity index (χ4v) is 5.52. The molecule has 2 aliphatic rings. The van der Waals surface area contributed by atoms with Crippen molar-refractivity contribution in [2.45, 2.75) is 44.8 Å². The van der Waals surface area contributed by atoms with Crippen LogP contribution in [0.1, 0.15) is 49.3 Å². The van der Waals surface area contributed by atoms with Crippen LogP contribution in [0.3, 0.4) is 0 Å². The number of amidine groups is 1. The Kier molecular flexibility index (Phi) is 4.92. The number of nitrogens with zero attached hydrogens (tertiary/aromatic N) is 1. The van der Waals surface area contributed by atoms with E-state index in [-0.39, 0.29) is 5.84 Å². The Labute approximate surface area is 149 Å². The van der Waals surface area contributed by atoms with Gasteiger partial charge in [0.1, 0.15) is 5.84 Å². The van der Waals surface area contributed by atoms with Gasteiger partial charge in [0.05, 0.1) is 0 Å². The molecule has 1 aromatic rings. The summed E-state index contributed by atoms with van der Waals surface area (Å²) in [6.45, 7) is 9.02. The van der Waals surface area contributed by atoms with E-state index in [1.165, 1.54) is 30.6 Å². The Morgan fingerprint density at radius 3 is 2.54 bits per heavy atom. The van der Waals surface area contributed by atoms with E-state index in [1.54, 1.807) is 0 Å². The molecule has 130 valence electrons. The van der Waals surface area contributed by atoms with Gasteiger partial charge >= 0.3 is 0 Å². The van der Waals surface area contributed by atoms with Gasteiger partial charge in [-0.05, 0) is 49.8 Å². The van der Waals surface area contributed by atoms with Crippen LogP contribution in [0.25, 0.3) is 0 Å². The van der Waals surface area contributed by atoms with E-state index in [2.05, 4.69) is 30.3 Å². The average molecular weight is 345 g/mol. The molecular formula is C19H28N4S. The number of allylic oxidation sites excluding steroid dienone is 1. The van der Waals surface area contributed by atoms with Crippen molar-refractivity contribution in [1.29, 1.82) is 5.41 Å². The number of benzene rings is 1. The van der Waals surface area contributed by atoms with E-state index in [0.29, 0.717) is 22.4 Å². The summed E-state index contributed by atoms with van der Waals surface area (Å²) >= 11 is 2.01. The lowest BCUT2D eigenvalue weighted by Gasteiger charge is -2.39. The van der Waals surface area contributed by atoms with Crippen LogP contribution in [0, 0.1) is 18.3 Å². The number of nitrogens with two attached hydrogens (primary N) is 2. The van der Waals surface area contributed by atoms with Crippen molar-refractivity contribution in [2.24, 2.45) is 11.7 Å². The number of hydrogen-bond donors (Lipinski definition) is 3. The molecule has 5 N–H and O–H groups in total. The van der Waals surface area contributed by atoms with Gasteiger partial charge in [-0.1, -0.05) is 36.6 Å². The number of nitrogens with one attached hydrogen (secondary N) is 1. The molecule has 0 saturated carbocycles. The topological polar surface area (TPSA) is 79.1 Å². The minimum absolute atomic E-state index is 0.0598. The summed E-state index contributed by atoms with van der Waals surface area (Å²) in [5.41, 5.74) is 16.8. The lowest BCUT2D eigenvalue weighted by atomic mass is 9.80. The van der Waals surface area contributed by atoms with Gasteiger partial charge in [0.15, 0.2) is 0 Å². The monoisotopic (exact) mass is 344 g/mol. The maximum atomic E-state index is 7.81. The van der Waals surface area contributed by atoms with Crippen LogP contribution in [-0.4, -0.2) is 28.5 Å². The minimum atomic E-state index is 0.0598. The molecule has 0 aromatic heterocycles. The van der Waals surface area contributed by atoms with Crippen molar-refractivity contribution in [1.82, 2.24) is 4.31 Å². The van der Waals surface area contributed by atoms with Crippen molar-refractivity contribution < 1.29 is 0 Å². The van der Waals surface area contributed by atoms with Gasteiger partial charge in [-0.2, -0.15) is 0 Å². The highest BCUT2D eigenvalue weighted by molar-refractivity contribution is 7.97. The molecule has 1 saturated heterocycles. The largest absolute Gasteiger partial charge is 0.398 e. The van der Waals surface area contributed by atoms with Gasteiger partial charge in [-0.3, -0.25) is 5.41 Å². The van der Waals surface area contributed by atoms with E-state index >= 15 is 0 Å². The molecule has 1 heterocycles. The second kappa shape index (κ2) is 6.81. The Morgan fingerprint density at radius 1 is 1.25 bits per heavy atom. The fourth-order valence-electron chi connectivity index (χ4n) is 3.94. The van der Waals surface area contributed by atoms with Crippen LogP contribution >= 0.6 is 11.9 Å². The standard InChI is InChI=1S/C19H28N4S/c1-11-9-23(10-11)24-14-4-5-15(12(2)8-14)16-6-7-17(20)18(13(16)3)19(21)22/h6-8,11,14-15H,4-5,9-10,20H2,1-3H3,(H3,21,22). The van der Waals surface area contributed by atoms with Gasteiger partial charge in [0, 0.05) is 35.5 Å². The molecule has 0 bridgehead atoms. The normalized spacial score (nSPS) is 25.2. The molecule has 4 nitrogen and oxygen atoms in total. The molecule has 2 atom stereocenters. The summed E-state index contributed by atoms with van der Waals surface area (Å²) in [6, 6.07) is 4.01. The van der Waals surface area contributed by atoms with Gasteiger partial charge in [0.2, 0.25) is 0 Å². The van der Waals surface area contributed by atoms with Crippen LogP contribution in [0.15, 0.2) is 23.8 Å². The summed E-state index contributed by atoms with van der Waals surface area (Å²) in [5, 5.41) is 8.40. The molecule has 2 unspecified atom stereocenters. The molecule has 1 aliphatic heterocycles. The van der Waals surface area contributed by atoms with E-state index in [1.807, 2.05) is 24.9 Å². The lowest BCUT2D eigenvalue weighted by molar-refractivity contribution is 0.238. The second-order valence-electron chi connectivity index (χ2n) is 7.29. The van der Waals surface area contributed by atoms with Gasteiger partial charge < -0.3 is 11.5 Å². The Bertz CT molecular complexity index is 676. The number of anilines is 1. The zero-order chi connectivity index (χ0) is 17.4. The summed E-state index contributed by atoms with van der Waals surface area (Å²) in [6.07, 6.45) is 4.77. The van der Waals surface area contributed by atoms with Crippen molar-refractivity contribution in [3.63, 3.8) is 0 Å². The van der Waals surface area contributed by atoms with Crippen molar-refractivity contribution >= 4 is 23.5 Å². The molecule has 1 aromatic carbocycles. The zero-order valence-corrected chi connectivity index (χ0v) is 15.6. The summed E-state index contributed by atoms with van der Waals surface area (Å²) < 4.78 is 2.49. The third-order valence-electron chi connectivity index (χ3n) is 5.24. The number of nitrogen functional groups attached to an aromatic ring is 2. The third kappa shape index (κ3) is 3.33. The van der Waals surface area contributed by atoms with Crippen LogP contribution in [-0.2, 0) is 0 Å². The first-order chi connectivity index (χ1) is 11.4. The molecular weight excluding hydrogens is 316 g/mol. The van der Waals surface area contributed by atoms with Gasteiger partial charge in [0.25, 0.3) is 0 Å². The highest BCUT2D eigenvalue weighted by Gasteiger charge is 2.29. The van der Waals surface area contributed by atoms with Crippen molar-refractivity contribution in [3.05, 3.63) is 40.5 Å². The van der Waals surface area contributed by atoms with E-state index < -0.39 is 0 Å². The summed E-state index contributed by atoms with van der Waals surface area (Å²) in [5.74, 6) is 1.32. The molecule has 5 heteroatoms. The molecule has 3 rings (SSSR count). The van der Waals surface area contributed by atoms with E-state index in [0.717, 1.165) is 17.9 Å². The lowest BCUT2D eigenvalue weighted by Crippen LogP contribution is -2.41. The average Bonchev–Trinajstić information content (AvgIpc) is 2.46. The molecule has 1 aliphatic carbocycles. The van der Waals surface area contributed by atoms with Crippen molar-refractivity contribution in [3.8, 4) is 0 Å². The molecule has 24 heavy (non-hydrogen) atoms. The van der Waals surface area contributed by atoms with Gasteiger partial charge in [-0.15, -0.1) is 0 Å². The smallest absolute Gasteiger partial charge is 0.125 e. The van der Waals surface area contributed by atoms with Gasteiger partial charge in [-0.25, -0.2) is 4.31 Å². The van der Waals surface area contributed by atoms with Crippen LogP contribution in [0.4, 0.5) is 5.69 Å². The maximum Gasteiger partial charge on any atom is 0.125 e. The number of rotatable bonds is 4. The molecule has 1 fully saturated rings. The summed E-state index contributed by atoms with van der Waals surface area (Å²) in [4.78, 5) is 0. The quantitative estimate of drug-likeness (QED) is 0.256. The zero-order valence-electron chi connectivity index (χ0n) is 14.8. The third-order valence-corrected chi connectivity index (χ3v) is 6.48. The molecule has 0 spiro atoms. The van der Waals surface area contributed by atoms with E-state index in [4.69, 9.17) is 16.9 Å². The Morgan fingerprint density at radius 2 is 1.96 bits per heavy atom. The predicted octanol–water partition coefficient (Wildman–Crippen LogP) is 3.65. The first-order valence-corrected chi connectivity index (χ1v) is 9.54. The maximum absolute atomic E-state index is 7.81.